The van der Waals surface area contributed by atoms with E-state index in [1.165, 1.54) is 0 Å². The standard InChI is InChI=1S/C17H23BrO3/c1-2-11-21-17-9-8-15(13-16(17)18)14-20-12-7-5-3-4-6-10-19/h2,8-10,13H,1,3-7,11-12,14H2. The monoisotopic (exact) mass is 354 g/mol. The molecule has 0 heterocycles. The number of hydrogen-bond acceptors (Lipinski definition) is 3. The van der Waals surface area contributed by atoms with Crippen molar-refractivity contribution in [3.8, 4) is 5.75 Å². The van der Waals surface area contributed by atoms with E-state index in [0.717, 1.165) is 54.4 Å². The van der Waals surface area contributed by atoms with Crippen LogP contribution in [0.3, 0.4) is 0 Å². The molecule has 1 aromatic rings. The van der Waals surface area contributed by atoms with Crippen LogP contribution in [-0.4, -0.2) is 19.5 Å². The molecular formula is C17H23BrO3. The van der Waals surface area contributed by atoms with Gasteiger partial charge in [0.2, 0.25) is 0 Å². The molecule has 0 aliphatic rings. The Kier molecular flexibility index (Phi) is 9.83. The molecule has 0 spiro atoms. The fourth-order valence-corrected chi connectivity index (χ4v) is 2.42. The van der Waals surface area contributed by atoms with Crippen LogP contribution in [-0.2, 0) is 16.1 Å². The first kappa shape index (κ1) is 17.9. The number of benzene rings is 1. The van der Waals surface area contributed by atoms with Gasteiger partial charge in [0, 0.05) is 13.0 Å². The van der Waals surface area contributed by atoms with Crippen molar-refractivity contribution in [2.75, 3.05) is 13.2 Å². The Labute approximate surface area is 135 Å². The van der Waals surface area contributed by atoms with Gasteiger partial charge in [0.1, 0.15) is 18.6 Å². The van der Waals surface area contributed by atoms with Crippen molar-refractivity contribution in [2.24, 2.45) is 0 Å². The summed E-state index contributed by atoms with van der Waals surface area (Å²) in [6.07, 6.45) is 7.63. The first-order chi connectivity index (χ1) is 10.3. The predicted octanol–water partition coefficient (Wildman–Crippen LogP) is 4.68. The molecule has 1 aromatic carbocycles. The molecule has 0 unspecified atom stereocenters. The Hall–Kier alpha value is -1.13. The number of ether oxygens (including phenoxy) is 2. The van der Waals surface area contributed by atoms with Crippen molar-refractivity contribution in [1.82, 2.24) is 0 Å². The summed E-state index contributed by atoms with van der Waals surface area (Å²) in [5.41, 5.74) is 1.12. The van der Waals surface area contributed by atoms with Crippen LogP contribution < -0.4 is 4.74 Å². The number of unbranched alkanes of at least 4 members (excludes halogenated alkanes) is 4. The van der Waals surface area contributed by atoms with Gasteiger partial charge in [0.25, 0.3) is 0 Å². The molecule has 0 bridgehead atoms. The molecule has 3 nitrogen and oxygen atoms in total. The lowest BCUT2D eigenvalue weighted by atomic mass is 10.2. The highest BCUT2D eigenvalue weighted by Crippen LogP contribution is 2.26. The molecule has 0 saturated heterocycles. The lowest BCUT2D eigenvalue weighted by Gasteiger charge is -2.09. The van der Waals surface area contributed by atoms with Crippen LogP contribution in [0.1, 0.15) is 37.7 Å². The van der Waals surface area contributed by atoms with E-state index >= 15 is 0 Å². The summed E-state index contributed by atoms with van der Waals surface area (Å²) >= 11 is 3.49. The first-order valence-corrected chi connectivity index (χ1v) is 8.10. The maximum atomic E-state index is 10.2. The van der Waals surface area contributed by atoms with Gasteiger partial charge < -0.3 is 14.3 Å². The van der Waals surface area contributed by atoms with E-state index in [2.05, 4.69) is 22.5 Å². The van der Waals surface area contributed by atoms with Crippen LogP contribution in [0.5, 0.6) is 5.75 Å². The zero-order valence-corrected chi connectivity index (χ0v) is 13.9. The van der Waals surface area contributed by atoms with E-state index in [-0.39, 0.29) is 0 Å². The molecule has 0 amide bonds. The van der Waals surface area contributed by atoms with Gasteiger partial charge in [-0.05, 0) is 46.5 Å². The minimum atomic E-state index is 0.499. The van der Waals surface area contributed by atoms with E-state index in [1.807, 2.05) is 18.2 Å². The highest BCUT2D eigenvalue weighted by Gasteiger charge is 2.02. The SMILES string of the molecule is C=CCOc1ccc(COCCCCCCC=O)cc1Br. The van der Waals surface area contributed by atoms with Crippen molar-refractivity contribution in [3.63, 3.8) is 0 Å². The summed E-state index contributed by atoms with van der Waals surface area (Å²) < 4.78 is 12.1. The summed E-state index contributed by atoms with van der Waals surface area (Å²) in [4.78, 5) is 10.2. The summed E-state index contributed by atoms with van der Waals surface area (Å²) in [5.74, 6) is 0.814. The zero-order chi connectivity index (χ0) is 15.3. The number of halogens is 1. The smallest absolute Gasteiger partial charge is 0.133 e. The lowest BCUT2D eigenvalue weighted by Crippen LogP contribution is -1.98. The first-order valence-electron chi connectivity index (χ1n) is 7.31. The second-order valence-corrected chi connectivity index (χ2v) is 5.64. The molecule has 0 aliphatic heterocycles. The summed E-state index contributed by atoms with van der Waals surface area (Å²) in [6.45, 7) is 5.49. The van der Waals surface area contributed by atoms with Crippen molar-refractivity contribution in [3.05, 3.63) is 40.9 Å². The van der Waals surface area contributed by atoms with Crippen LogP contribution in [0.25, 0.3) is 0 Å². The summed E-state index contributed by atoms with van der Waals surface area (Å²) in [6, 6.07) is 5.96. The highest BCUT2D eigenvalue weighted by atomic mass is 79.9. The van der Waals surface area contributed by atoms with Gasteiger partial charge in [-0.2, -0.15) is 0 Å². The van der Waals surface area contributed by atoms with E-state index in [9.17, 15) is 4.79 Å². The average Bonchev–Trinajstić information content (AvgIpc) is 2.49. The fourth-order valence-electron chi connectivity index (χ4n) is 1.88. The van der Waals surface area contributed by atoms with E-state index in [4.69, 9.17) is 9.47 Å². The maximum Gasteiger partial charge on any atom is 0.133 e. The van der Waals surface area contributed by atoms with Crippen molar-refractivity contribution >= 4 is 22.2 Å². The minimum absolute atomic E-state index is 0.499. The van der Waals surface area contributed by atoms with Crippen LogP contribution in [0.4, 0.5) is 0 Å². The van der Waals surface area contributed by atoms with Gasteiger partial charge >= 0.3 is 0 Å². The van der Waals surface area contributed by atoms with Gasteiger partial charge in [0.15, 0.2) is 0 Å². The number of hydrogen-bond donors (Lipinski definition) is 0. The Bertz CT molecular complexity index is 432. The molecule has 21 heavy (non-hydrogen) atoms. The molecule has 4 heteroatoms. The molecule has 0 aliphatic carbocycles. The van der Waals surface area contributed by atoms with Gasteiger partial charge in [-0.3, -0.25) is 0 Å². The summed E-state index contributed by atoms with van der Waals surface area (Å²) in [5, 5.41) is 0. The van der Waals surface area contributed by atoms with Gasteiger partial charge in [-0.25, -0.2) is 0 Å². The third kappa shape index (κ3) is 8.02. The molecule has 0 fully saturated rings. The number of aldehydes is 1. The normalized spacial score (nSPS) is 10.3. The molecule has 0 aromatic heterocycles. The predicted molar refractivity (Wildman–Crippen MR) is 88.6 cm³/mol. The van der Waals surface area contributed by atoms with Crippen LogP contribution >= 0.6 is 15.9 Å². The second kappa shape index (κ2) is 11.5. The largest absolute Gasteiger partial charge is 0.488 e. The van der Waals surface area contributed by atoms with Crippen molar-refractivity contribution in [1.29, 1.82) is 0 Å². The molecule has 0 atom stereocenters. The average molecular weight is 355 g/mol. The molecule has 0 saturated carbocycles. The molecule has 116 valence electrons. The van der Waals surface area contributed by atoms with E-state index in [1.54, 1.807) is 6.08 Å². The lowest BCUT2D eigenvalue weighted by molar-refractivity contribution is -0.107. The third-order valence-corrected chi connectivity index (χ3v) is 3.60. The molecule has 0 N–H and O–H groups in total. The van der Waals surface area contributed by atoms with Crippen molar-refractivity contribution < 1.29 is 14.3 Å². The quantitative estimate of drug-likeness (QED) is 0.310. The van der Waals surface area contributed by atoms with Crippen LogP contribution in [0, 0.1) is 0 Å². The maximum absolute atomic E-state index is 10.2. The van der Waals surface area contributed by atoms with Crippen LogP contribution in [0.2, 0.25) is 0 Å². The molecular weight excluding hydrogens is 332 g/mol. The zero-order valence-electron chi connectivity index (χ0n) is 12.4. The van der Waals surface area contributed by atoms with E-state index < -0.39 is 0 Å². The minimum Gasteiger partial charge on any atom is -0.488 e. The Morgan fingerprint density at radius 3 is 2.71 bits per heavy atom. The molecule has 1 rings (SSSR count). The topological polar surface area (TPSA) is 35.5 Å². The highest BCUT2D eigenvalue weighted by molar-refractivity contribution is 9.10. The second-order valence-electron chi connectivity index (χ2n) is 4.79. The Morgan fingerprint density at radius 2 is 2.00 bits per heavy atom. The van der Waals surface area contributed by atoms with Gasteiger partial charge in [-0.15, -0.1) is 0 Å². The van der Waals surface area contributed by atoms with Gasteiger partial charge in [-0.1, -0.05) is 31.6 Å². The van der Waals surface area contributed by atoms with Gasteiger partial charge in [0.05, 0.1) is 11.1 Å². The number of carbonyl (C=O) groups excluding carboxylic acids is 1. The summed E-state index contributed by atoms with van der Waals surface area (Å²) in [7, 11) is 0. The third-order valence-electron chi connectivity index (χ3n) is 2.98. The van der Waals surface area contributed by atoms with E-state index in [0.29, 0.717) is 19.6 Å². The fraction of sp³-hybridized carbons (Fsp3) is 0.471. The molecule has 0 radical (unpaired) electrons. The van der Waals surface area contributed by atoms with Crippen LogP contribution in [0.15, 0.2) is 35.3 Å². The Morgan fingerprint density at radius 1 is 1.19 bits per heavy atom. The number of carbonyl (C=O) groups is 1. The number of rotatable bonds is 12. The van der Waals surface area contributed by atoms with Crippen molar-refractivity contribution in [2.45, 2.75) is 38.7 Å². The Balaban J connectivity index is 2.18.